The van der Waals surface area contributed by atoms with Crippen LogP contribution in [-0.2, 0) is 6.54 Å². The Kier molecular flexibility index (Phi) is 5.10. The van der Waals surface area contributed by atoms with Crippen molar-refractivity contribution >= 4 is 0 Å². The van der Waals surface area contributed by atoms with E-state index in [4.69, 9.17) is 4.42 Å². The van der Waals surface area contributed by atoms with Gasteiger partial charge in [0.15, 0.2) is 5.89 Å². The van der Waals surface area contributed by atoms with Crippen molar-refractivity contribution in [2.45, 2.75) is 32.4 Å². The average molecular weight is 314 g/mol. The van der Waals surface area contributed by atoms with E-state index in [1.165, 1.54) is 5.56 Å². The average Bonchev–Trinajstić information content (AvgIpc) is 3.17. The van der Waals surface area contributed by atoms with E-state index < -0.39 is 0 Å². The first kappa shape index (κ1) is 16.2. The van der Waals surface area contributed by atoms with Crippen LogP contribution in [0.5, 0.6) is 0 Å². The summed E-state index contributed by atoms with van der Waals surface area (Å²) >= 11 is 0. The lowest BCUT2D eigenvalue weighted by Crippen LogP contribution is -2.30. The Hall–Kier alpha value is -1.69. The maximum absolute atomic E-state index is 5.52. The maximum atomic E-state index is 5.52. The number of hydrogen-bond donors (Lipinski definition) is 2. The van der Waals surface area contributed by atoms with E-state index in [1.807, 2.05) is 0 Å². The second-order valence-electron chi connectivity index (χ2n) is 6.70. The molecule has 2 N–H and O–H groups in total. The van der Waals surface area contributed by atoms with Crippen molar-refractivity contribution in [3.63, 3.8) is 0 Å². The third-order valence-electron chi connectivity index (χ3n) is 4.29. The van der Waals surface area contributed by atoms with Gasteiger partial charge in [-0.3, -0.25) is 5.43 Å². The topological polar surface area (TPSA) is 53.3 Å². The van der Waals surface area contributed by atoms with Crippen LogP contribution < -0.4 is 10.9 Å². The van der Waals surface area contributed by atoms with Crippen LogP contribution in [0.3, 0.4) is 0 Å². The Bertz CT molecular complexity index is 610. The summed E-state index contributed by atoms with van der Waals surface area (Å²) in [6.07, 6.45) is 1.78. The number of nitrogens with zero attached hydrogens (tertiary/aromatic N) is 2. The van der Waals surface area contributed by atoms with E-state index in [9.17, 15) is 0 Å². The molecule has 0 saturated carbocycles. The van der Waals surface area contributed by atoms with E-state index >= 15 is 0 Å². The molecule has 2 atom stereocenters. The van der Waals surface area contributed by atoms with E-state index in [0.717, 1.165) is 31.2 Å². The fourth-order valence-corrected chi connectivity index (χ4v) is 3.12. The lowest BCUT2D eigenvalue weighted by Gasteiger charge is -2.24. The number of aromatic nitrogens is 1. The number of nitrogens with one attached hydrogen (secondary N) is 2. The summed E-state index contributed by atoms with van der Waals surface area (Å²) in [4.78, 5) is 6.88. The highest BCUT2D eigenvalue weighted by molar-refractivity contribution is 5.20. The predicted molar refractivity (Wildman–Crippen MR) is 90.7 cm³/mol. The molecule has 1 aromatic carbocycles. The first-order valence-electron chi connectivity index (χ1n) is 8.29. The molecule has 23 heavy (non-hydrogen) atoms. The molecule has 2 unspecified atom stereocenters. The van der Waals surface area contributed by atoms with Gasteiger partial charge in [0.2, 0.25) is 0 Å². The van der Waals surface area contributed by atoms with Crippen molar-refractivity contribution in [2.24, 2.45) is 5.92 Å². The first-order valence-corrected chi connectivity index (χ1v) is 8.29. The van der Waals surface area contributed by atoms with E-state index in [-0.39, 0.29) is 0 Å². The molecule has 0 aliphatic carbocycles. The summed E-state index contributed by atoms with van der Waals surface area (Å²) in [7, 11) is 2.14. The van der Waals surface area contributed by atoms with Crippen molar-refractivity contribution in [1.29, 1.82) is 0 Å². The van der Waals surface area contributed by atoms with Crippen LogP contribution in [0.1, 0.15) is 43.0 Å². The summed E-state index contributed by atoms with van der Waals surface area (Å²) in [5, 5.41) is 0. The Balaban J connectivity index is 1.59. The molecule has 1 aliphatic rings. The van der Waals surface area contributed by atoms with Gasteiger partial charge in [0.25, 0.3) is 0 Å². The minimum atomic E-state index is 0.333. The largest absolute Gasteiger partial charge is 0.448 e. The molecule has 0 amide bonds. The van der Waals surface area contributed by atoms with Crippen LogP contribution in [-0.4, -0.2) is 30.0 Å². The molecule has 3 rings (SSSR count). The number of rotatable bonds is 6. The van der Waals surface area contributed by atoms with Crippen LogP contribution in [0.25, 0.3) is 0 Å². The van der Waals surface area contributed by atoms with Gasteiger partial charge in [0.1, 0.15) is 6.26 Å². The lowest BCUT2D eigenvalue weighted by molar-refractivity contribution is 0.260. The molecular weight excluding hydrogens is 288 g/mol. The summed E-state index contributed by atoms with van der Waals surface area (Å²) in [6.45, 7) is 6.98. The molecule has 0 spiro atoms. The number of hydrogen-bond acceptors (Lipinski definition) is 5. The molecule has 1 aliphatic heterocycles. The molecule has 2 aromatic rings. The monoisotopic (exact) mass is 314 g/mol. The van der Waals surface area contributed by atoms with Gasteiger partial charge < -0.3 is 9.32 Å². The third kappa shape index (κ3) is 3.99. The number of hydrazine groups is 1. The Morgan fingerprint density at radius 3 is 2.78 bits per heavy atom. The molecular formula is C18H26N4O. The number of benzene rings is 1. The maximum Gasteiger partial charge on any atom is 0.196 e. The van der Waals surface area contributed by atoms with Gasteiger partial charge in [0, 0.05) is 31.5 Å². The van der Waals surface area contributed by atoms with Crippen molar-refractivity contribution < 1.29 is 4.42 Å². The quantitative estimate of drug-likeness (QED) is 0.858. The van der Waals surface area contributed by atoms with Crippen molar-refractivity contribution in [3.05, 3.63) is 53.7 Å². The Morgan fingerprint density at radius 2 is 2.09 bits per heavy atom. The van der Waals surface area contributed by atoms with Crippen molar-refractivity contribution in [2.75, 3.05) is 20.1 Å². The fourth-order valence-electron chi connectivity index (χ4n) is 3.12. The SMILES string of the molecule is CC(C)c1nc(CN(C)CC2CNNC2c2ccccc2)co1. The van der Waals surface area contributed by atoms with Gasteiger partial charge in [-0.15, -0.1) is 0 Å². The van der Waals surface area contributed by atoms with Crippen LogP contribution in [0, 0.1) is 5.92 Å². The molecule has 124 valence electrons. The standard InChI is InChI=1S/C18H26N4O/c1-13(2)18-20-16(12-23-18)11-22(3)10-15-9-19-21-17(15)14-7-5-4-6-8-14/h4-8,12-13,15,17,19,21H,9-11H2,1-3H3. The lowest BCUT2D eigenvalue weighted by atomic mass is 9.94. The zero-order valence-electron chi connectivity index (χ0n) is 14.1. The van der Waals surface area contributed by atoms with E-state index in [1.54, 1.807) is 6.26 Å². The molecule has 1 fully saturated rings. The van der Waals surface area contributed by atoms with Gasteiger partial charge in [-0.05, 0) is 12.6 Å². The predicted octanol–water partition coefficient (Wildman–Crippen LogP) is 2.70. The van der Waals surface area contributed by atoms with Gasteiger partial charge >= 0.3 is 0 Å². The van der Waals surface area contributed by atoms with Crippen molar-refractivity contribution in [3.8, 4) is 0 Å². The highest BCUT2D eigenvalue weighted by Crippen LogP contribution is 2.25. The van der Waals surface area contributed by atoms with Crippen molar-refractivity contribution in [1.82, 2.24) is 20.7 Å². The van der Waals surface area contributed by atoms with Gasteiger partial charge in [-0.2, -0.15) is 0 Å². The smallest absolute Gasteiger partial charge is 0.196 e. The Labute approximate surface area is 138 Å². The minimum absolute atomic E-state index is 0.333. The second kappa shape index (κ2) is 7.25. The van der Waals surface area contributed by atoms with Crippen LogP contribution >= 0.6 is 0 Å². The fraction of sp³-hybridized carbons (Fsp3) is 0.500. The summed E-state index contributed by atoms with van der Waals surface area (Å²) in [6, 6.07) is 11.0. The highest BCUT2D eigenvalue weighted by Gasteiger charge is 2.29. The third-order valence-corrected chi connectivity index (χ3v) is 4.29. The summed E-state index contributed by atoms with van der Waals surface area (Å²) < 4.78 is 5.52. The summed E-state index contributed by atoms with van der Waals surface area (Å²) in [5.74, 6) is 1.68. The summed E-state index contributed by atoms with van der Waals surface area (Å²) in [5.41, 5.74) is 9.04. The van der Waals surface area contributed by atoms with Gasteiger partial charge in [0.05, 0.1) is 11.7 Å². The second-order valence-corrected chi connectivity index (χ2v) is 6.70. The molecule has 5 nitrogen and oxygen atoms in total. The molecule has 5 heteroatoms. The molecule has 0 bridgehead atoms. The molecule has 0 radical (unpaired) electrons. The number of oxazole rings is 1. The van der Waals surface area contributed by atoms with Gasteiger partial charge in [-0.1, -0.05) is 44.2 Å². The zero-order chi connectivity index (χ0) is 16.2. The first-order chi connectivity index (χ1) is 11.1. The van der Waals surface area contributed by atoms with E-state index in [2.05, 4.69) is 72.0 Å². The minimum Gasteiger partial charge on any atom is -0.448 e. The molecule has 1 aromatic heterocycles. The normalized spacial score (nSPS) is 21.4. The van der Waals surface area contributed by atoms with E-state index in [0.29, 0.717) is 17.9 Å². The molecule has 1 saturated heterocycles. The van der Waals surface area contributed by atoms with Crippen LogP contribution in [0.2, 0.25) is 0 Å². The van der Waals surface area contributed by atoms with Crippen LogP contribution in [0.15, 0.2) is 41.0 Å². The molecule has 2 heterocycles. The van der Waals surface area contributed by atoms with Gasteiger partial charge in [-0.25, -0.2) is 10.4 Å². The Morgan fingerprint density at radius 1 is 1.30 bits per heavy atom. The van der Waals surface area contributed by atoms with Crippen LogP contribution in [0.4, 0.5) is 0 Å². The highest BCUT2D eigenvalue weighted by atomic mass is 16.3. The zero-order valence-corrected chi connectivity index (χ0v) is 14.1.